The zero-order valence-electron chi connectivity index (χ0n) is 10.5. The topological polar surface area (TPSA) is 40.5 Å². The van der Waals surface area contributed by atoms with Gasteiger partial charge in [-0.3, -0.25) is 0 Å². The molecule has 94 valence electrons. The van der Waals surface area contributed by atoms with Gasteiger partial charge < -0.3 is 10.0 Å². The highest BCUT2D eigenvalue weighted by atomic mass is 32.2. The van der Waals surface area contributed by atoms with E-state index in [0.29, 0.717) is 11.6 Å². The van der Waals surface area contributed by atoms with Crippen LogP contribution in [0.4, 0.5) is 5.69 Å². The molecule has 0 saturated heterocycles. The molecule has 0 radical (unpaired) electrons. The van der Waals surface area contributed by atoms with Crippen molar-refractivity contribution >= 4 is 23.4 Å². The standard InChI is InChI=1S/C13H19NO2S/c1-10(8-9-17-3)14(2)12-6-4-11(5-7-12)13(15)16/h4-7,10H,8-9H2,1-3H3,(H,15,16). The van der Waals surface area contributed by atoms with Crippen molar-refractivity contribution in [1.29, 1.82) is 0 Å². The number of rotatable bonds is 6. The molecule has 0 aliphatic rings. The lowest BCUT2D eigenvalue weighted by molar-refractivity contribution is 0.0697. The lowest BCUT2D eigenvalue weighted by Crippen LogP contribution is -2.29. The predicted octanol–water partition coefficient (Wildman–Crippen LogP) is 2.96. The Labute approximate surface area is 107 Å². The smallest absolute Gasteiger partial charge is 0.335 e. The summed E-state index contributed by atoms with van der Waals surface area (Å²) in [5.41, 5.74) is 1.39. The third-order valence-corrected chi connectivity index (χ3v) is 3.57. The Kier molecular flexibility index (Phi) is 5.35. The van der Waals surface area contributed by atoms with Crippen LogP contribution in [0.2, 0.25) is 0 Å². The second-order valence-corrected chi connectivity index (χ2v) is 5.08. The van der Waals surface area contributed by atoms with E-state index in [-0.39, 0.29) is 0 Å². The molecule has 3 nitrogen and oxygen atoms in total. The highest BCUT2D eigenvalue weighted by Gasteiger charge is 2.10. The fraction of sp³-hybridized carbons (Fsp3) is 0.462. The molecule has 1 aromatic carbocycles. The Hall–Kier alpha value is -1.16. The highest BCUT2D eigenvalue weighted by Crippen LogP contribution is 2.18. The highest BCUT2D eigenvalue weighted by molar-refractivity contribution is 7.98. The van der Waals surface area contributed by atoms with Crippen molar-refractivity contribution in [3.8, 4) is 0 Å². The third-order valence-electron chi connectivity index (χ3n) is 2.92. The fourth-order valence-electron chi connectivity index (χ4n) is 1.58. The van der Waals surface area contributed by atoms with Gasteiger partial charge in [0.15, 0.2) is 0 Å². The van der Waals surface area contributed by atoms with E-state index in [1.165, 1.54) is 0 Å². The van der Waals surface area contributed by atoms with Crippen molar-refractivity contribution in [1.82, 2.24) is 0 Å². The van der Waals surface area contributed by atoms with Crippen LogP contribution in [0.1, 0.15) is 23.7 Å². The SMILES string of the molecule is CSCCC(C)N(C)c1ccc(C(=O)O)cc1. The summed E-state index contributed by atoms with van der Waals surface area (Å²) in [6, 6.07) is 7.47. The minimum Gasteiger partial charge on any atom is -0.478 e. The molecule has 0 amide bonds. The molecule has 1 aromatic rings. The van der Waals surface area contributed by atoms with Gasteiger partial charge in [0, 0.05) is 18.8 Å². The van der Waals surface area contributed by atoms with E-state index >= 15 is 0 Å². The zero-order valence-corrected chi connectivity index (χ0v) is 11.3. The number of nitrogens with zero attached hydrogens (tertiary/aromatic N) is 1. The minimum atomic E-state index is -0.880. The van der Waals surface area contributed by atoms with Crippen LogP contribution >= 0.6 is 11.8 Å². The Morgan fingerprint density at radius 2 is 2.00 bits per heavy atom. The molecular formula is C13H19NO2S. The van der Waals surface area contributed by atoms with Gasteiger partial charge in [-0.05, 0) is 49.6 Å². The number of benzene rings is 1. The van der Waals surface area contributed by atoms with E-state index in [9.17, 15) is 4.79 Å². The Morgan fingerprint density at radius 1 is 1.41 bits per heavy atom. The lowest BCUT2D eigenvalue weighted by atomic mass is 10.1. The molecule has 0 bridgehead atoms. The quantitative estimate of drug-likeness (QED) is 0.846. The Balaban J connectivity index is 2.68. The Morgan fingerprint density at radius 3 is 2.47 bits per heavy atom. The van der Waals surface area contributed by atoms with Crippen molar-refractivity contribution in [2.24, 2.45) is 0 Å². The average molecular weight is 253 g/mol. The number of thioether (sulfide) groups is 1. The van der Waals surface area contributed by atoms with Gasteiger partial charge in [-0.2, -0.15) is 11.8 Å². The molecule has 1 unspecified atom stereocenters. The summed E-state index contributed by atoms with van der Waals surface area (Å²) in [7, 11) is 2.04. The Bertz CT molecular complexity index is 364. The van der Waals surface area contributed by atoms with Crippen molar-refractivity contribution in [2.45, 2.75) is 19.4 Å². The van der Waals surface area contributed by atoms with Gasteiger partial charge in [-0.1, -0.05) is 0 Å². The number of carbonyl (C=O) groups is 1. The number of hydrogen-bond acceptors (Lipinski definition) is 3. The van der Waals surface area contributed by atoms with Crippen LogP contribution in [0.3, 0.4) is 0 Å². The number of hydrogen-bond donors (Lipinski definition) is 1. The number of anilines is 1. The van der Waals surface area contributed by atoms with Crippen LogP contribution in [-0.2, 0) is 0 Å². The molecular weight excluding hydrogens is 234 g/mol. The summed E-state index contributed by atoms with van der Waals surface area (Å²) in [5, 5.41) is 8.82. The molecule has 0 heterocycles. The first kappa shape index (κ1) is 13.9. The molecule has 0 saturated carbocycles. The molecule has 0 fully saturated rings. The van der Waals surface area contributed by atoms with Crippen LogP contribution in [0.5, 0.6) is 0 Å². The van der Waals surface area contributed by atoms with E-state index in [0.717, 1.165) is 17.9 Å². The molecule has 17 heavy (non-hydrogen) atoms. The maximum absolute atomic E-state index is 10.7. The van der Waals surface area contributed by atoms with Crippen molar-refractivity contribution < 1.29 is 9.90 Å². The van der Waals surface area contributed by atoms with Gasteiger partial charge in [0.1, 0.15) is 0 Å². The molecule has 0 aromatic heterocycles. The summed E-state index contributed by atoms with van der Waals surface area (Å²) in [4.78, 5) is 12.9. The zero-order chi connectivity index (χ0) is 12.8. The van der Waals surface area contributed by atoms with Crippen LogP contribution in [-0.4, -0.2) is 36.2 Å². The molecule has 0 spiro atoms. The first-order valence-corrected chi connectivity index (χ1v) is 7.00. The second-order valence-electron chi connectivity index (χ2n) is 4.09. The lowest BCUT2D eigenvalue weighted by Gasteiger charge is -2.27. The van der Waals surface area contributed by atoms with Crippen LogP contribution < -0.4 is 4.90 Å². The largest absolute Gasteiger partial charge is 0.478 e. The van der Waals surface area contributed by atoms with E-state index in [1.807, 2.05) is 30.9 Å². The van der Waals surface area contributed by atoms with Crippen molar-refractivity contribution in [3.05, 3.63) is 29.8 Å². The summed E-state index contributed by atoms with van der Waals surface area (Å²) in [6.07, 6.45) is 3.23. The van der Waals surface area contributed by atoms with Gasteiger partial charge in [0.05, 0.1) is 5.56 Å². The third kappa shape index (κ3) is 3.97. The van der Waals surface area contributed by atoms with Crippen LogP contribution in [0.25, 0.3) is 0 Å². The predicted molar refractivity (Wildman–Crippen MR) is 74.3 cm³/mol. The van der Waals surface area contributed by atoms with Crippen molar-refractivity contribution in [2.75, 3.05) is 24.0 Å². The molecule has 1 N–H and O–H groups in total. The number of carboxylic acid groups (broad SMARTS) is 1. The van der Waals surface area contributed by atoms with Gasteiger partial charge in [0.25, 0.3) is 0 Å². The van der Waals surface area contributed by atoms with E-state index in [2.05, 4.69) is 18.1 Å². The molecule has 1 rings (SSSR count). The minimum absolute atomic E-state index is 0.332. The normalized spacial score (nSPS) is 12.2. The molecule has 0 aliphatic heterocycles. The van der Waals surface area contributed by atoms with Gasteiger partial charge in [-0.15, -0.1) is 0 Å². The summed E-state index contributed by atoms with van der Waals surface area (Å²) < 4.78 is 0. The second kappa shape index (κ2) is 6.55. The van der Waals surface area contributed by atoms with Crippen LogP contribution in [0, 0.1) is 0 Å². The first-order valence-electron chi connectivity index (χ1n) is 5.61. The average Bonchev–Trinajstić information content (AvgIpc) is 2.35. The number of carboxylic acids is 1. The van der Waals surface area contributed by atoms with E-state index in [4.69, 9.17) is 5.11 Å². The fourth-order valence-corrected chi connectivity index (χ4v) is 2.15. The summed E-state index contributed by atoms with van der Waals surface area (Å²) in [5.74, 6) is 0.258. The van der Waals surface area contributed by atoms with E-state index in [1.54, 1.807) is 12.1 Å². The van der Waals surface area contributed by atoms with E-state index < -0.39 is 5.97 Å². The molecule has 1 atom stereocenters. The maximum atomic E-state index is 10.7. The van der Waals surface area contributed by atoms with Crippen LogP contribution in [0.15, 0.2) is 24.3 Å². The maximum Gasteiger partial charge on any atom is 0.335 e. The number of aromatic carboxylic acids is 1. The van der Waals surface area contributed by atoms with Gasteiger partial charge >= 0.3 is 5.97 Å². The first-order chi connectivity index (χ1) is 8.06. The summed E-state index contributed by atoms with van der Waals surface area (Å²) >= 11 is 1.84. The summed E-state index contributed by atoms with van der Waals surface area (Å²) in [6.45, 7) is 2.18. The monoisotopic (exact) mass is 253 g/mol. The molecule has 4 heteroatoms. The van der Waals surface area contributed by atoms with Gasteiger partial charge in [-0.25, -0.2) is 4.79 Å². The molecule has 0 aliphatic carbocycles. The van der Waals surface area contributed by atoms with Crippen molar-refractivity contribution in [3.63, 3.8) is 0 Å². The van der Waals surface area contributed by atoms with Gasteiger partial charge in [0.2, 0.25) is 0 Å².